The van der Waals surface area contributed by atoms with Crippen LogP contribution in [0.3, 0.4) is 0 Å². The molecule has 0 aromatic heterocycles. The van der Waals surface area contributed by atoms with E-state index in [-0.39, 0.29) is 18.2 Å². The summed E-state index contributed by atoms with van der Waals surface area (Å²) >= 11 is 0. The van der Waals surface area contributed by atoms with Crippen LogP contribution in [0.25, 0.3) is 0 Å². The van der Waals surface area contributed by atoms with E-state index in [1.54, 1.807) is 7.11 Å². The van der Waals surface area contributed by atoms with Gasteiger partial charge in [0.25, 0.3) is 0 Å². The number of methoxy groups -OCH3 is 1. The van der Waals surface area contributed by atoms with Crippen LogP contribution in [-0.4, -0.2) is 38.4 Å². The van der Waals surface area contributed by atoms with E-state index in [1.807, 2.05) is 31.3 Å². The van der Waals surface area contributed by atoms with Crippen molar-refractivity contribution in [3.63, 3.8) is 0 Å². The molecule has 1 saturated carbocycles. The zero-order valence-corrected chi connectivity index (χ0v) is 13.9. The van der Waals surface area contributed by atoms with Gasteiger partial charge in [0, 0.05) is 37.6 Å². The van der Waals surface area contributed by atoms with E-state index in [4.69, 9.17) is 4.74 Å². The Morgan fingerprint density at radius 1 is 1.36 bits per heavy atom. The van der Waals surface area contributed by atoms with Gasteiger partial charge in [-0.2, -0.15) is 0 Å². The van der Waals surface area contributed by atoms with E-state index >= 15 is 0 Å². The first kappa shape index (κ1) is 16.6. The highest BCUT2D eigenvalue weighted by Crippen LogP contribution is 2.22. The fraction of sp³-hybridized carbons (Fsp3) is 0.588. The Morgan fingerprint density at radius 3 is 2.77 bits per heavy atom. The maximum Gasteiger partial charge on any atom is 0.319 e. The Labute approximate surface area is 133 Å². The molecule has 2 amide bonds. The number of hydrogen-bond donors (Lipinski definition) is 2. The number of urea groups is 1. The van der Waals surface area contributed by atoms with Crippen molar-refractivity contribution >= 4 is 17.4 Å². The van der Waals surface area contributed by atoms with Gasteiger partial charge in [-0.15, -0.1) is 0 Å². The maximum absolute atomic E-state index is 12.1. The van der Waals surface area contributed by atoms with Crippen molar-refractivity contribution in [2.24, 2.45) is 0 Å². The van der Waals surface area contributed by atoms with Crippen molar-refractivity contribution < 1.29 is 9.53 Å². The number of carbonyl (C=O) groups is 1. The molecule has 0 radical (unpaired) electrons. The molecule has 0 spiro atoms. The van der Waals surface area contributed by atoms with Crippen molar-refractivity contribution in [1.82, 2.24) is 5.32 Å². The van der Waals surface area contributed by atoms with Crippen LogP contribution >= 0.6 is 0 Å². The van der Waals surface area contributed by atoms with Crippen molar-refractivity contribution in [2.75, 3.05) is 24.4 Å². The van der Waals surface area contributed by atoms with E-state index in [1.165, 1.54) is 0 Å². The minimum atomic E-state index is -0.147. The molecular formula is C17H27N3O2. The lowest BCUT2D eigenvalue weighted by atomic mass is 10.2. The summed E-state index contributed by atoms with van der Waals surface area (Å²) < 4.78 is 5.33. The second-order valence-electron chi connectivity index (χ2n) is 6.22. The molecule has 2 N–H and O–H groups in total. The Bertz CT molecular complexity index is 504. The van der Waals surface area contributed by atoms with Crippen molar-refractivity contribution in [1.29, 1.82) is 0 Å². The van der Waals surface area contributed by atoms with Gasteiger partial charge in [-0.1, -0.05) is 6.07 Å². The van der Waals surface area contributed by atoms with Crippen molar-refractivity contribution in [3.05, 3.63) is 24.3 Å². The molecule has 2 rings (SSSR count). The average Bonchev–Trinajstić information content (AvgIpc) is 2.94. The van der Waals surface area contributed by atoms with Gasteiger partial charge in [0.2, 0.25) is 0 Å². The zero-order chi connectivity index (χ0) is 16.1. The molecule has 0 unspecified atom stereocenters. The summed E-state index contributed by atoms with van der Waals surface area (Å²) in [5.74, 6) is 0. The first-order valence-electron chi connectivity index (χ1n) is 7.92. The molecule has 0 heterocycles. The molecule has 2 atom stereocenters. The van der Waals surface area contributed by atoms with Crippen LogP contribution in [0.5, 0.6) is 0 Å². The highest BCUT2D eigenvalue weighted by molar-refractivity contribution is 5.90. The summed E-state index contributed by atoms with van der Waals surface area (Å²) in [5.41, 5.74) is 1.90. The predicted molar refractivity (Wildman–Crippen MR) is 90.6 cm³/mol. The number of nitrogens with zero attached hydrogens (tertiary/aromatic N) is 1. The highest BCUT2D eigenvalue weighted by atomic mass is 16.5. The highest BCUT2D eigenvalue weighted by Gasteiger charge is 2.25. The van der Waals surface area contributed by atoms with Crippen LogP contribution < -0.4 is 15.5 Å². The molecule has 5 nitrogen and oxygen atoms in total. The Kier molecular flexibility index (Phi) is 5.66. The van der Waals surface area contributed by atoms with E-state index in [0.29, 0.717) is 6.04 Å². The lowest BCUT2D eigenvalue weighted by Crippen LogP contribution is -2.36. The monoisotopic (exact) mass is 305 g/mol. The molecule has 1 aromatic rings. The molecule has 1 fully saturated rings. The molecular weight excluding hydrogens is 278 g/mol. The number of ether oxygens (including phenoxy) is 1. The van der Waals surface area contributed by atoms with Crippen LogP contribution in [-0.2, 0) is 4.74 Å². The normalized spacial score (nSPS) is 21.0. The standard InChI is InChI=1S/C17H27N3O2/c1-12(2)20(3)15-7-5-6-13(10-15)18-17(21)19-14-8-9-16(11-14)22-4/h5-7,10,12,14,16H,8-9,11H2,1-4H3,(H2,18,19,21)/t14-,16+/m0/s1. The molecule has 1 aliphatic rings. The number of nitrogens with one attached hydrogen (secondary N) is 2. The number of carbonyl (C=O) groups excluding carboxylic acids is 1. The third-order valence-corrected chi connectivity index (χ3v) is 4.34. The van der Waals surface area contributed by atoms with E-state index < -0.39 is 0 Å². The summed E-state index contributed by atoms with van der Waals surface area (Å²) in [6.07, 6.45) is 3.14. The number of rotatable bonds is 5. The molecule has 22 heavy (non-hydrogen) atoms. The van der Waals surface area contributed by atoms with Crippen LogP contribution in [0.2, 0.25) is 0 Å². The fourth-order valence-corrected chi connectivity index (χ4v) is 2.74. The van der Waals surface area contributed by atoms with Crippen LogP contribution in [0.4, 0.5) is 16.2 Å². The van der Waals surface area contributed by atoms with E-state index in [0.717, 1.165) is 30.6 Å². The second-order valence-corrected chi connectivity index (χ2v) is 6.22. The lowest BCUT2D eigenvalue weighted by Gasteiger charge is -2.24. The van der Waals surface area contributed by atoms with Gasteiger partial charge in [-0.25, -0.2) is 4.79 Å². The van der Waals surface area contributed by atoms with Gasteiger partial charge >= 0.3 is 6.03 Å². The molecule has 0 saturated heterocycles. The molecule has 0 bridgehead atoms. The number of hydrogen-bond acceptors (Lipinski definition) is 3. The molecule has 0 aliphatic heterocycles. The predicted octanol–water partition coefficient (Wildman–Crippen LogP) is 3.22. The first-order chi connectivity index (χ1) is 10.5. The lowest BCUT2D eigenvalue weighted by molar-refractivity contribution is 0.107. The SMILES string of the molecule is CO[C@@H]1CC[C@H](NC(=O)Nc2cccc(N(C)C(C)C)c2)C1. The van der Waals surface area contributed by atoms with Gasteiger partial charge < -0.3 is 20.3 Å². The van der Waals surface area contributed by atoms with E-state index in [2.05, 4.69) is 29.4 Å². The molecule has 1 aromatic carbocycles. The first-order valence-corrected chi connectivity index (χ1v) is 7.92. The van der Waals surface area contributed by atoms with Crippen molar-refractivity contribution in [3.8, 4) is 0 Å². The Hall–Kier alpha value is -1.75. The number of anilines is 2. The van der Waals surface area contributed by atoms with Gasteiger partial charge in [0.05, 0.1) is 6.10 Å². The zero-order valence-electron chi connectivity index (χ0n) is 13.9. The van der Waals surface area contributed by atoms with Gasteiger partial charge in [0.1, 0.15) is 0 Å². The van der Waals surface area contributed by atoms with E-state index in [9.17, 15) is 4.79 Å². The largest absolute Gasteiger partial charge is 0.381 e. The smallest absolute Gasteiger partial charge is 0.319 e. The van der Waals surface area contributed by atoms with Gasteiger partial charge in [0.15, 0.2) is 0 Å². The summed E-state index contributed by atoms with van der Waals surface area (Å²) in [6.45, 7) is 4.28. The topological polar surface area (TPSA) is 53.6 Å². The summed E-state index contributed by atoms with van der Waals surface area (Å²) in [5, 5.41) is 5.94. The van der Waals surface area contributed by atoms with Gasteiger partial charge in [-0.05, 0) is 51.3 Å². The molecule has 122 valence electrons. The fourth-order valence-electron chi connectivity index (χ4n) is 2.74. The molecule has 1 aliphatic carbocycles. The number of benzene rings is 1. The third kappa shape index (κ3) is 4.37. The number of amides is 2. The summed E-state index contributed by atoms with van der Waals surface area (Å²) in [4.78, 5) is 14.3. The minimum Gasteiger partial charge on any atom is -0.381 e. The Balaban J connectivity index is 1.90. The van der Waals surface area contributed by atoms with Gasteiger partial charge in [-0.3, -0.25) is 0 Å². The second kappa shape index (κ2) is 7.49. The van der Waals surface area contributed by atoms with Crippen LogP contribution in [0, 0.1) is 0 Å². The quantitative estimate of drug-likeness (QED) is 0.878. The molecule has 5 heteroatoms. The van der Waals surface area contributed by atoms with Crippen LogP contribution in [0.15, 0.2) is 24.3 Å². The summed E-state index contributed by atoms with van der Waals surface area (Å²) in [6, 6.07) is 8.37. The third-order valence-electron chi connectivity index (χ3n) is 4.34. The maximum atomic E-state index is 12.1. The Morgan fingerprint density at radius 2 is 2.14 bits per heavy atom. The van der Waals surface area contributed by atoms with Crippen molar-refractivity contribution in [2.45, 2.75) is 51.3 Å². The summed E-state index contributed by atoms with van der Waals surface area (Å²) in [7, 11) is 3.77. The average molecular weight is 305 g/mol. The minimum absolute atomic E-state index is 0.147. The van der Waals surface area contributed by atoms with Crippen LogP contribution in [0.1, 0.15) is 33.1 Å².